The second kappa shape index (κ2) is 4.81. The highest BCUT2D eigenvalue weighted by Gasteiger charge is 2.12. The Morgan fingerprint density at radius 3 is 2.94 bits per heavy atom. The topological polar surface area (TPSA) is 63.3 Å². The number of aromatic nitrogens is 1. The van der Waals surface area contributed by atoms with E-state index in [9.17, 15) is 4.79 Å². The number of nitrogens with zero attached hydrogens (tertiary/aromatic N) is 1. The van der Waals surface area contributed by atoms with Crippen molar-refractivity contribution in [2.24, 2.45) is 0 Å². The molecule has 6 heteroatoms. The third kappa shape index (κ3) is 2.62. The molecule has 17 heavy (non-hydrogen) atoms. The van der Waals surface area contributed by atoms with E-state index in [-0.39, 0.29) is 10.6 Å². The fourth-order valence-electron chi connectivity index (χ4n) is 1.23. The summed E-state index contributed by atoms with van der Waals surface area (Å²) in [5.74, 6) is -0.299. The van der Waals surface area contributed by atoms with Crippen LogP contribution < -0.4 is 0 Å². The van der Waals surface area contributed by atoms with Gasteiger partial charge in [-0.3, -0.25) is 0 Å². The molecule has 0 aliphatic heterocycles. The number of carboxylic acids is 1. The van der Waals surface area contributed by atoms with Gasteiger partial charge in [0.05, 0.1) is 21.7 Å². The van der Waals surface area contributed by atoms with E-state index in [1.54, 1.807) is 12.3 Å². The number of halogens is 1. The quantitative estimate of drug-likeness (QED) is 0.924. The number of rotatable bonds is 3. The van der Waals surface area contributed by atoms with Gasteiger partial charge < -0.3 is 9.52 Å². The van der Waals surface area contributed by atoms with Crippen LogP contribution >= 0.6 is 23.4 Å². The van der Waals surface area contributed by atoms with Gasteiger partial charge >= 0.3 is 5.97 Å². The van der Waals surface area contributed by atoms with Crippen molar-refractivity contribution in [1.82, 2.24) is 4.98 Å². The molecule has 4 nitrogen and oxygen atoms in total. The number of aryl methyl sites for hydroxylation is 1. The second-order valence-electron chi connectivity index (χ2n) is 3.25. The fraction of sp³-hybridized carbons (Fsp3) is 0.0909. The minimum Gasteiger partial charge on any atom is -0.478 e. The lowest BCUT2D eigenvalue weighted by Crippen LogP contribution is -1.98. The van der Waals surface area contributed by atoms with Gasteiger partial charge in [0.1, 0.15) is 10.8 Å². The number of hydrogen-bond donors (Lipinski definition) is 1. The van der Waals surface area contributed by atoms with Crippen molar-refractivity contribution in [1.29, 1.82) is 0 Å². The molecule has 0 aliphatic carbocycles. The summed E-state index contributed by atoms with van der Waals surface area (Å²) in [6, 6.07) is 3.25. The van der Waals surface area contributed by atoms with E-state index in [1.165, 1.54) is 24.0 Å². The average Bonchev–Trinajstić information content (AvgIpc) is 2.67. The Hall–Kier alpha value is -1.46. The Balaban J connectivity index is 2.32. The number of aromatic carboxylic acids is 1. The average molecular weight is 270 g/mol. The fourth-order valence-corrected chi connectivity index (χ4v) is 2.24. The molecule has 88 valence electrons. The van der Waals surface area contributed by atoms with Gasteiger partial charge in [0.25, 0.3) is 0 Å². The van der Waals surface area contributed by atoms with Crippen molar-refractivity contribution in [2.45, 2.75) is 16.8 Å². The number of pyridine rings is 1. The molecule has 1 N–H and O–H groups in total. The van der Waals surface area contributed by atoms with E-state index in [4.69, 9.17) is 21.1 Å². The molecule has 0 amide bonds. The lowest BCUT2D eigenvalue weighted by atomic mass is 10.3. The number of carbonyl (C=O) groups is 1. The molecule has 0 unspecified atom stereocenters. The summed E-state index contributed by atoms with van der Waals surface area (Å²) >= 11 is 7.07. The zero-order valence-electron chi connectivity index (χ0n) is 8.81. The number of furan rings is 1. The van der Waals surface area contributed by atoms with Crippen molar-refractivity contribution in [2.75, 3.05) is 0 Å². The molecule has 0 saturated carbocycles. The molecule has 0 aromatic carbocycles. The molecule has 0 fully saturated rings. The van der Waals surface area contributed by atoms with E-state index in [0.29, 0.717) is 5.03 Å². The third-order valence-corrected chi connectivity index (χ3v) is 3.46. The summed E-state index contributed by atoms with van der Waals surface area (Å²) in [6.45, 7) is 1.83. The number of carboxylic acid groups (broad SMARTS) is 1. The summed E-state index contributed by atoms with van der Waals surface area (Å²) in [5.41, 5.74) is 0.0466. The highest BCUT2D eigenvalue weighted by Crippen LogP contribution is 2.31. The van der Waals surface area contributed by atoms with Gasteiger partial charge in [-0.1, -0.05) is 23.4 Å². The van der Waals surface area contributed by atoms with Crippen LogP contribution in [0.2, 0.25) is 5.02 Å². The van der Waals surface area contributed by atoms with Crippen molar-refractivity contribution >= 4 is 29.3 Å². The van der Waals surface area contributed by atoms with E-state index in [2.05, 4.69) is 4.98 Å². The lowest BCUT2D eigenvalue weighted by Gasteiger charge is -2.02. The summed E-state index contributed by atoms with van der Waals surface area (Å²) in [5, 5.41) is 9.63. The van der Waals surface area contributed by atoms with Gasteiger partial charge in [-0.15, -0.1) is 0 Å². The van der Waals surface area contributed by atoms with E-state index >= 15 is 0 Å². The summed E-state index contributed by atoms with van der Waals surface area (Å²) in [7, 11) is 0. The van der Waals surface area contributed by atoms with Gasteiger partial charge in [-0.05, 0) is 19.1 Å². The first-order valence-electron chi connectivity index (χ1n) is 4.68. The molecular formula is C11H8ClNO3S. The highest BCUT2D eigenvalue weighted by molar-refractivity contribution is 7.99. The molecule has 0 spiro atoms. The van der Waals surface area contributed by atoms with Crippen LogP contribution in [-0.4, -0.2) is 16.1 Å². The summed E-state index contributed by atoms with van der Waals surface area (Å²) in [6.07, 6.45) is 2.91. The predicted octanol–water partition coefficient (Wildman–Crippen LogP) is 3.49. The van der Waals surface area contributed by atoms with Gasteiger partial charge in [-0.25, -0.2) is 9.78 Å². The van der Waals surface area contributed by atoms with Crippen LogP contribution in [0.4, 0.5) is 0 Å². The number of hydrogen-bond acceptors (Lipinski definition) is 4. The summed E-state index contributed by atoms with van der Waals surface area (Å²) in [4.78, 5) is 15.9. The molecule has 0 saturated heterocycles. The van der Waals surface area contributed by atoms with Crippen LogP contribution in [-0.2, 0) is 0 Å². The van der Waals surface area contributed by atoms with E-state index in [1.807, 2.05) is 6.92 Å². The predicted molar refractivity (Wildman–Crippen MR) is 63.8 cm³/mol. The Labute approximate surface area is 107 Å². The smallest absolute Gasteiger partial charge is 0.337 e. The lowest BCUT2D eigenvalue weighted by molar-refractivity contribution is 0.0696. The Morgan fingerprint density at radius 2 is 2.35 bits per heavy atom. The third-order valence-electron chi connectivity index (χ3n) is 2.09. The molecule has 2 aromatic heterocycles. The van der Waals surface area contributed by atoms with Crippen LogP contribution in [0.3, 0.4) is 0 Å². The van der Waals surface area contributed by atoms with Crippen LogP contribution in [0.25, 0.3) is 0 Å². The summed E-state index contributed by atoms with van der Waals surface area (Å²) < 4.78 is 5.15. The van der Waals surface area contributed by atoms with Crippen molar-refractivity contribution < 1.29 is 14.3 Å². The zero-order valence-corrected chi connectivity index (χ0v) is 10.4. The van der Waals surface area contributed by atoms with Crippen LogP contribution in [0.15, 0.2) is 38.9 Å². The SMILES string of the molecule is Cc1occc1Sc1cc(C(=O)O)c(Cl)cn1. The Bertz CT molecular complexity index is 568. The molecule has 0 atom stereocenters. The Kier molecular flexibility index (Phi) is 3.40. The molecule has 2 rings (SSSR count). The maximum Gasteiger partial charge on any atom is 0.337 e. The van der Waals surface area contributed by atoms with Crippen molar-refractivity contribution in [3.8, 4) is 0 Å². The first-order valence-corrected chi connectivity index (χ1v) is 5.88. The molecule has 0 radical (unpaired) electrons. The van der Waals surface area contributed by atoms with Gasteiger partial charge in [0.15, 0.2) is 0 Å². The standard InChI is InChI=1S/C11H8ClNO3S/c1-6-9(2-3-16-6)17-10-4-7(11(14)15)8(12)5-13-10/h2-5H,1H3,(H,14,15). The van der Waals surface area contributed by atoms with Crippen LogP contribution in [0.5, 0.6) is 0 Å². The van der Waals surface area contributed by atoms with Gasteiger partial charge in [0.2, 0.25) is 0 Å². The van der Waals surface area contributed by atoms with E-state index < -0.39 is 5.97 Å². The minimum absolute atomic E-state index is 0.0466. The monoisotopic (exact) mass is 269 g/mol. The maximum atomic E-state index is 10.9. The highest BCUT2D eigenvalue weighted by atomic mass is 35.5. The molecule has 2 aromatic rings. The molecular weight excluding hydrogens is 262 g/mol. The Morgan fingerprint density at radius 1 is 1.59 bits per heavy atom. The van der Waals surface area contributed by atoms with Gasteiger partial charge in [-0.2, -0.15) is 0 Å². The molecule has 0 aliphatic rings. The largest absolute Gasteiger partial charge is 0.478 e. The first-order chi connectivity index (χ1) is 8.08. The molecule has 0 bridgehead atoms. The van der Waals surface area contributed by atoms with Crippen molar-refractivity contribution in [3.63, 3.8) is 0 Å². The second-order valence-corrected chi connectivity index (χ2v) is 4.72. The van der Waals surface area contributed by atoms with Gasteiger partial charge in [0, 0.05) is 6.20 Å². The first kappa shape index (κ1) is 12.0. The van der Waals surface area contributed by atoms with E-state index in [0.717, 1.165) is 10.7 Å². The molecule has 2 heterocycles. The van der Waals surface area contributed by atoms with Crippen LogP contribution in [0.1, 0.15) is 16.1 Å². The zero-order chi connectivity index (χ0) is 12.4. The van der Waals surface area contributed by atoms with Crippen LogP contribution in [0, 0.1) is 6.92 Å². The normalized spacial score (nSPS) is 10.5. The van der Waals surface area contributed by atoms with Crippen molar-refractivity contribution in [3.05, 3.63) is 40.9 Å². The minimum atomic E-state index is -1.07. The maximum absolute atomic E-state index is 10.9.